The number of nitrogens with zero attached hydrogens (tertiary/aromatic N) is 3. The van der Waals surface area contributed by atoms with Gasteiger partial charge in [-0.15, -0.1) is 11.3 Å². The van der Waals surface area contributed by atoms with E-state index in [-0.39, 0.29) is 10.1 Å². The Morgan fingerprint density at radius 1 is 1.27 bits per heavy atom. The van der Waals surface area contributed by atoms with Crippen molar-refractivity contribution in [3.05, 3.63) is 58.5 Å². The summed E-state index contributed by atoms with van der Waals surface area (Å²) in [5.41, 5.74) is 7.11. The van der Waals surface area contributed by atoms with Crippen molar-refractivity contribution in [2.75, 3.05) is 0 Å². The van der Waals surface area contributed by atoms with Crippen LogP contribution < -0.4 is 5.73 Å². The maximum Gasteiger partial charge on any atom is 0.420 e. The number of imidazole rings is 1. The van der Waals surface area contributed by atoms with Crippen molar-refractivity contribution < 1.29 is 17.4 Å². The van der Waals surface area contributed by atoms with E-state index in [9.17, 15) is 18.5 Å². The predicted octanol–water partition coefficient (Wildman–Crippen LogP) is 4.64. The molecular formula is C23H26N4O4S2. The van der Waals surface area contributed by atoms with E-state index in [2.05, 4.69) is 29.1 Å². The third-order valence-electron chi connectivity index (χ3n) is 4.92. The highest BCUT2D eigenvalue weighted by Gasteiger charge is 2.27. The van der Waals surface area contributed by atoms with Crippen LogP contribution in [0.4, 0.5) is 4.79 Å². The Bertz CT molecular complexity index is 1310. The summed E-state index contributed by atoms with van der Waals surface area (Å²) in [7, 11) is -4.39. The molecule has 0 aliphatic carbocycles. The number of aromatic nitrogens is 2. The first kappa shape index (κ1) is 24.5. The summed E-state index contributed by atoms with van der Waals surface area (Å²) in [6.07, 6.45) is 2.86. The highest BCUT2D eigenvalue weighted by Crippen LogP contribution is 2.38. The molecule has 0 aliphatic heterocycles. The van der Waals surface area contributed by atoms with E-state index < -0.39 is 16.2 Å². The summed E-state index contributed by atoms with van der Waals surface area (Å²) in [5.74, 6) is 1.44. The number of carbonyl (C=O) groups excluding carboxylic acids is 1. The first-order valence-corrected chi connectivity index (χ1v) is 12.6. The molecule has 0 saturated heterocycles. The number of amides is 1. The second-order valence-electron chi connectivity index (χ2n) is 8.42. The quantitative estimate of drug-likeness (QED) is 0.462. The zero-order chi connectivity index (χ0) is 24.3. The standard InChI is InChI=1S/C23H26N4O4S2/c1-14(2)9-19-11-20(22(32-19)33(29,30)31-23(25)28)16-5-6-17(18(10-16)12-24)13-27-8-7-26-21(27)15(3)4/h5-8,10-11,14-15H,9,13H2,1-4H3,(H2,25,28). The van der Waals surface area contributed by atoms with Crippen LogP contribution in [-0.4, -0.2) is 24.1 Å². The van der Waals surface area contributed by atoms with E-state index in [4.69, 9.17) is 5.73 Å². The summed E-state index contributed by atoms with van der Waals surface area (Å²) < 4.78 is 31.7. The van der Waals surface area contributed by atoms with Crippen LogP contribution in [0.15, 0.2) is 40.9 Å². The summed E-state index contributed by atoms with van der Waals surface area (Å²) >= 11 is 1.04. The number of nitrogens with two attached hydrogens (primary N) is 1. The number of carbonyl (C=O) groups is 1. The molecule has 3 aromatic rings. The molecule has 0 saturated carbocycles. The molecule has 0 spiro atoms. The molecule has 3 rings (SSSR count). The fourth-order valence-electron chi connectivity index (χ4n) is 3.58. The number of benzene rings is 1. The van der Waals surface area contributed by atoms with Crippen molar-refractivity contribution in [3.8, 4) is 17.2 Å². The lowest BCUT2D eigenvalue weighted by atomic mass is 10.00. The smallest absolute Gasteiger partial charge is 0.334 e. The Kier molecular flexibility index (Phi) is 7.25. The van der Waals surface area contributed by atoms with Gasteiger partial charge >= 0.3 is 16.2 Å². The number of hydrogen-bond acceptors (Lipinski definition) is 7. The number of hydrogen-bond donors (Lipinski definition) is 1. The SMILES string of the molecule is CC(C)Cc1cc(-c2ccc(Cn3ccnc3C(C)C)c(C#N)c2)c(S(=O)(=O)OC(N)=O)s1. The minimum Gasteiger partial charge on any atom is -0.334 e. The van der Waals surface area contributed by atoms with Crippen LogP contribution in [0, 0.1) is 17.2 Å². The fourth-order valence-corrected chi connectivity index (χ4v) is 6.27. The Morgan fingerprint density at radius 2 is 2.00 bits per heavy atom. The maximum atomic E-state index is 12.7. The van der Waals surface area contributed by atoms with Gasteiger partial charge in [-0.05, 0) is 35.6 Å². The fraction of sp³-hybridized carbons (Fsp3) is 0.348. The average Bonchev–Trinajstić information content (AvgIpc) is 3.34. The molecule has 8 nitrogen and oxygen atoms in total. The third-order valence-corrected chi connectivity index (χ3v) is 7.80. The van der Waals surface area contributed by atoms with Gasteiger partial charge in [0.2, 0.25) is 0 Å². The molecule has 0 unspecified atom stereocenters. The van der Waals surface area contributed by atoms with Crippen molar-refractivity contribution in [1.29, 1.82) is 5.26 Å². The van der Waals surface area contributed by atoms with Gasteiger partial charge in [0.15, 0.2) is 4.21 Å². The van der Waals surface area contributed by atoms with E-state index in [1.807, 2.05) is 30.7 Å². The van der Waals surface area contributed by atoms with Gasteiger partial charge in [-0.3, -0.25) is 0 Å². The number of thiophene rings is 1. The van der Waals surface area contributed by atoms with Gasteiger partial charge in [-0.2, -0.15) is 13.7 Å². The second-order valence-corrected chi connectivity index (χ2v) is 11.3. The minimum absolute atomic E-state index is 0.106. The van der Waals surface area contributed by atoms with Crippen LogP contribution in [0.25, 0.3) is 11.1 Å². The molecule has 1 aromatic carbocycles. The molecule has 0 bridgehead atoms. The lowest BCUT2D eigenvalue weighted by Gasteiger charge is -2.12. The van der Waals surface area contributed by atoms with Gasteiger partial charge in [-0.1, -0.05) is 39.8 Å². The van der Waals surface area contributed by atoms with E-state index >= 15 is 0 Å². The first-order valence-electron chi connectivity index (χ1n) is 10.4. The minimum atomic E-state index is -4.39. The Hall–Kier alpha value is -3.16. The van der Waals surface area contributed by atoms with Gasteiger partial charge in [0, 0.05) is 28.8 Å². The van der Waals surface area contributed by atoms with Crippen molar-refractivity contribution in [3.63, 3.8) is 0 Å². The Balaban J connectivity index is 2.07. The van der Waals surface area contributed by atoms with Gasteiger partial charge < -0.3 is 14.5 Å². The molecule has 0 fully saturated rings. The van der Waals surface area contributed by atoms with Crippen LogP contribution >= 0.6 is 11.3 Å². The van der Waals surface area contributed by atoms with Gasteiger partial charge in [0.05, 0.1) is 18.2 Å². The molecule has 0 radical (unpaired) electrons. The lowest BCUT2D eigenvalue weighted by molar-refractivity contribution is 0.213. The van der Waals surface area contributed by atoms with E-state index in [0.29, 0.717) is 35.6 Å². The Morgan fingerprint density at radius 3 is 2.61 bits per heavy atom. The summed E-state index contributed by atoms with van der Waals surface area (Å²) in [6.45, 7) is 8.62. The molecule has 10 heteroatoms. The molecule has 2 N–H and O–H groups in total. The van der Waals surface area contributed by atoms with E-state index in [0.717, 1.165) is 27.6 Å². The van der Waals surface area contributed by atoms with Crippen molar-refractivity contribution >= 4 is 27.5 Å². The predicted molar refractivity (Wildman–Crippen MR) is 126 cm³/mol. The van der Waals surface area contributed by atoms with Crippen LogP contribution in [0.2, 0.25) is 0 Å². The maximum absolute atomic E-state index is 12.7. The molecule has 2 heterocycles. The van der Waals surface area contributed by atoms with Gasteiger partial charge in [0.25, 0.3) is 0 Å². The third kappa shape index (κ3) is 5.61. The molecule has 1 amide bonds. The zero-order valence-corrected chi connectivity index (χ0v) is 20.5. The molecule has 33 heavy (non-hydrogen) atoms. The molecule has 0 atom stereocenters. The number of nitriles is 1. The first-order chi connectivity index (χ1) is 15.5. The van der Waals surface area contributed by atoms with Crippen LogP contribution in [-0.2, 0) is 27.3 Å². The van der Waals surface area contributed by atoms with Crippen molar-refractivity contribution in [2.24, 2.45) is 11.7 Å². The zero-order valence-electron chi connectivity index (χ0n) is 18.9. The summed E-state index contributed by atoms with van der Waals surface area (Å²) in [5, 5.41) is 9.79. The van der Waals surface area contributed by atoms with E-state index in [1.54, 1.807) is 24.4 Å². The van der Waals surface area contributed by atoms with Crippen LogP contribution in [0.1, 0.15) is 55.4 Å². The van der Waals surface area contributed by atoms with Gasteiger partial charge in [0.1, 0.15) is 5.82 Å². The Labute approximate surface area is 197 Å². The van der Waals surface area contributed by atoms with Crippen molar-refractivity contribution in [2.45, 2.75) is 50.8 Å². The highest BCUT2D eigenvalue weighted by molar-refractivity contribution is 7.89. The topological polar surface area (TPSA) is 128 Å². The molecule has 0 aliphatic rings. The van der Waals surface area contributed by atoms with Crippen LogP contribution in [0.5, 0.6) is 0 Å². The molecule has 2 aromatic heterocycles. The van der Waals surface area contributed by atoms with Gasteiger partial charge in [-0.25, -0.2) is 9.78 Å². The lowest BCUT2D eigenvalue weighted by Crippen LogP contribution is -2.18. The molecular weight excluding hydrogens is 460 g/mol. The second kappa shape index (κ2) is 9.77. The van der Waals surface area contributed by atoms with Crippen molar-refractivity contribution in [1.82, 2.24) is 9.55 Å². The van der Waals surface area contributed by atoms with E-state index in [1.165, 1.54) is 0 Å². The van der Waals surface area contributed by atoms with Crippen LogP contribution in [0.3, 0.4) is 0 Å². The number of rotatable bonds is 8. The monoisotopic (exact) mass is 486 g/mol. The summed E-state index contributed by atoms with van der Waals surface area (Å²) in [6, 6.07) is 9.22. The molecule has 174 valence electrons. The largest absolute Gasteiger partial charge is 0.420 e. The average molecular weight is 487 g/mol. The highest BCUT2D eigenvalue weighted by atomic mass is 32.3. The number of primary amides is 1. The normalized spacial score (nSPS) is 11.7. The summed E-state index contributed by atoms with van der Waals surface area (Å²) in [4.78, 5) is 16.4.